The van der Waals surface area contributed by atoms with Gasteiger partial charge in [0.05, 0.1) is 0 Å². The molecule has 4 N–H and O–H groups in total. The summed E-state index contributed by atoms with van der Waals surface area (Å²) in [6.45, 7) is 1.86. The molecule has 0 saturated carbocycles. The van der Waals surface area contributed by atoms with Gasteiger partial charge in [-0.1, -0.05) is 18.2 Å². The molecule has 0 unspecified atom stereocenters. The van der Waals surface area contributed by atoms with Gasteiger partial charge in [-0.05, 0) is 18.6 Å². The van der Waals surface area contributed by atoms with E-state index < -0.39 is 0 Å². The second-order valence-corrected chi connectivity index (χ2v) is 2.18. The number of benzene rings is 1. The molecule has 1 aromatic carbocycles. The molecule has 1 aromatic rings. The number of amides is 1. The lowest BCUT2D eigenvalue weighted by molar-refractivity contribution is 0.0999. The van der Waals surface area contributed by atoms with Crippen molar-refractivity contribution in [1.82, 2.24) is 0 Å². The Kier molecular flexibility index (Phi) is 3.27. The molecule has 3 heteroatoms. The summed E-state index contributed by atoms with van der Waals surface area (Å²) < 4.78 is 0. The van der Waals surface area contributed by atoms with Gasteiger partial charge in [-0.25, -0.2) is 0 Å². The molecule has 60 valence electrons. The summed E-state index contributed by atoms with van der Waals surface area (Å²) >= 11 is 0. The van der Waals surface area contributed by atoms with Gasteiger partial charge in [0.25, 0.3) is 0 Å². The van der Waals surface area contributed by atoms with Crippen molar-refractivity contribution in [1.29, 1.82) is 0 Å². The Morgan fingerprint density at radius 2 is 1.91 bits per heavy atom. The third-order valence-electron chi connectivity index (χ3n) is 1.41. The van der Waals surface area contributed by atoms with E-state index in [1.54, 1.807) is 12.1 Å². The first kappa shape index (κ1) is 9.65. The van der Waals surface area contributed by atoms with Crippen molar-refractivity contribution in [3.05, 3.63) is 35.4 Å². The van der Waals surface area contributed by atoms with Crippen molar-refractivity contribution < 1.29 is 10.3 Å². The highest BCUT2D eigenvalue weighted by atomic mass is 16.1. The SMILES string of the molecule is Cc1ccccc1C(N)=O.O. The quantitative estimate of drug-likeness (QED) is 0.617. The van der Waals surface area contributed by atoms with Crippen molar-refractivity contribution in [3.63, 3.8) is 0 Å². The summed E-state index contributed by atoms with van der Waals surface area (Å²) in [5.74, 6) is -0.363. The minimum atomic E-state index is -0.363. The van der Waals surface area contributed by atoms with E-state index in [1.165, 1.54) is 0 Å². The molecule has 0 aliphatic rings. The van der Waals surface area contributed by atoms with Crippen LogP contribution in [0.25, 0.3) is 0 Å². The van der Waals surface area contributed by atoms with Crippen LogP contribution < -0.4 is 5.73 Å². The Balaban J connectivity index is 0.000001000. The maximum atomic E-state index is 10.6. The molecule has 3 nitrogen and oxygen atoms in total. The second kappa shape index (κ2) is 3.73. The fraction of sp³-hybridized carbons (Fsp3) is 0.125. The number of carbonyl (C=O) groups excluding carboxylic acids is 1. The normalized spacial score (nSPS) is 8.45. The second-order valence-electron chi connectivity index (χ2n) is 2.18. The van der Waals surface area contributed by atoms with Crippen LogP contribution in [0.1, 0.15) is 15.9 Å². The lowest BCUT2D eigenvalue weighted by Gasteiger charge is -1.97. The van der Waals surface area contributed by atoms with Gasteiger partial charge in [0, 0.05) is 5.56 Å². The van der Waals surface area contributed by atoms with Crippen molar-refractivity contribution in [3.8, 4) is 0 Å². The molecule has 0 saturated heterocycles. The number of primary amides is 1. The summed E-state index contributed by atoms with van der Waals surface area (Å²) in [6.07, 6.45) is 0. The summed E-state index contributed by atoms with van der Waals surface area (Å²) in [7, 11) is 0. The van der Waals surface area contributed by atoms with Crippen LogP contribution in [0.5, 0.6) is 0 Å². The Labute approximate surface area is 65.1 Å². The zero-order valence-corrected chi connectivity index (χ0v) is 6.29. The molecule has 0 aromatic heterocycles. The highest BCUT2D eigenvalue weighted by Crippen LogP contribution is 2.04. The van der Waals surface area contributed by atoms with Crippen LogP contribution in [-0.4, -0.2) is 11.4 Å². The Hall–Kier alpha value is -1.35. The monoisotopic (exact) mass is 153 g/mol. The molecular weight excluding hydrogens is 142 g/mol. The van der Waals surface area contributed by atoms with Gasteiger partial charge in [-0.2, -0.15) is 0 Å². The van der Waals surface area contributed by atoms with Crippen molar-refractivity contribution in [2.45, 2.75) is 6.92 Å². The average molecular weight is 153 g/mol. The zero-order valence-electron chi connectivity index (χ0n) is 6.29. The van der Waals surface area contributed by atoms with E-state index in [0.29, 0.717) is 5.56 Å². The lowest BCUT2D eigenvalue weighted by Crippen LogP contribution is -2.12. The molecule has 0 aliphatic carbocycles. The average Bonchev–Trinajstić information content (AvgIpc) is 1.88. The fourth-order valence-electron chi connectivity index (χ4n) is 0.849. The number of rotatable bonds is 1. The molecule has 1 amide bonds. The lowest BCUT2D eigenvalue weighted by atomic mass is 10.1. The van der Waals surface area contributed by atoms with Crippen LogP contribution in [0.15, 0.2) is 24.3 Å². The standard InChI is InChI=1S/C8H9NO.H2O/c1-6-4-2-3-5-7(6)8(9)10;/h2-5H,1H3,(H2,9,10);1H2. The summed E-state index contributed by atoms with van der Waals surface area (Å²) in [6, 6.07) is 7.26. The minimum absolute atomic E-state index is 0. The molecule has 1 rings (SSSR count). The van der Waals surface area contributed by atoms with Crippen LogP contribution in [0, 0.1) is 6.92 Å². The zero-order chi connectivity index (χ0) is 7.56. The van der Waals surface area contributed by atoms with Crippen LogP contribution in [0.2, 0.25) is 0 Å². The first-order valence-electron chi connectivity index (χ1n) is 3.07. The summed E-state index contributed by atoms with van der Waals surface area (Å²) in [5, 5.41) is 0. The van der Waals surface area contributed by atoms with E-state index in [1.807, 2.05) is 19.1 Å². The first-order valence-corrected chi connectivity index (χ1v) is 3.07. The molecule has 0 atom stereocenters. The molecule has 0 bridgehead atoms. The van der Waals surface area contributed by atoms with E-state index in [4.69, 9.17) is 5.73 Å². The predicted molar refractivity (Wildman–Crippen MR) is 43.3 cm³/mol. The van der Waals surface area contributed by atoms with Crippen LogP contribution in [0.4, 0.5) is 0 Å². The topological polar surface area (TPSA) is 74.6 Å². The summed E-state index contributed by atoms with van der Waals surface area (Å²) in [5.41, 5.74) is 6.60. The van der Waals surface area contributed by atoms with Crippen molar-refractivity contribution in [2.75, 3.05) is 0 Å². The van der Waals surface area contributed by atoms with Gasteiger partial charge in [-0.3, -0.25) is 4.79 Å². The highest BCUT2D eigenvalue weighted by Gasteiger charge is 2.00. The molecular formula is C8H11NO2. The van der Waals surface area contributed by atoms with Crippen LogP contribution in [0.3, 0.4) is 0 Å². The molecule has 0 aliphatic heterocycles. The van der Waals surface area contributed by atoms with Crippen LogP contribution in [-0.2, 0) is 0 Å². The Morgan fingerprint density at radius 3 is 2.27 bits per heavy atom. The van der Waals surface area contributed by atoms with E-state index in [2.05, 4.69) is 0 Å². The van der Waals surface area contributed by atoms with E-state index in [-0.39, 0.29) is 11.4 Å². The van der Waals surface area contributed by atoms with Gasteiger partial charge in [-0.15, -0.1) is 0 Å². The smallest absolute Gasteiger partial charge is 0.248 e. The minimum Gasteiger partial charge on any atom is -0.412 e. The predicted octanol–water partition coefficient (Wildman–Crippen LogP) is 0.269. The largest absolute Gasteiger partial charge is 0.412 e. The Morgan fingerprint density at radius 1 is 1.36 bits per heavy atom. The number of aryl methyl sites for hydroxylation is 1. The number of carbonyl (C=O) groups is 1. The summed E-state index contributed by atoms with van der Waals surface area (Å²) in [4.78, 5) is 10.6. The van der Waals surface area contributed by atoms with Crippen LogP contribution >= 0.6 is 0 Å². The third kappa shape index (κ3) is 2.05. The van der Waals surface area contributed by atoms with Crippen molar-refractivity contribution in [2.24, 2.45) is 5.73 Å². The number of hydrogen-bond donors (Lipinski definition) is 1. The highest BCUT2D eigenvalue weighted by molar-refractivity contribution is 5.94. The molecule has 11 heavy (non-hydrogen) atoms. The van der Waals surface area contributed by atoms with Gasteiger partial charge in [0.15, 0.2) is 0 Å². The van der Waals surface area contributed by atoms with Gasteiger partial charge in [0.1, 0.15) is 0 Å². The first-order chi connectivity index (χ1) is 4.72. The molecule has 0 fully saturated rings. The Bertz CT molecular complexity index is 258. The fourth-order valence-corrected chi connectivity index (χ4v) is 0.849. The van der Waals surface area contributed by atoms with Gasteiger partial charge >= 0.3 is 0 Å². The van der Waals surface area contributed by atoms with E-state index in [0.717, 1.165) is 5.56 Å². The van der Waals surface area contributed by atoms with E-state index in [9.17, 15) is 4.79 Å². The molecule has 0 spiro atoms. The maximum absolute atomic E-state index is 10.6. The number of hydrogen-bond acceptors (Lipinski definition) is 1. The molecule has 0 radical (unpaired) electrons. The van der Waals surface area contributed by atoms with E-state index >= 15 is 0 Å². The van der Waals surface area contributed by atoms with Gasteiger partial charge in [0.2, 0.25) is 5.91 Å². The van der Waals surface area contributed by atoms with Crippen molar-refractivity contribution >= 4 is 5.91 Å². The van der Waals surface area contributed by atoms with Gasteiger partial charge < -0.3 is 11.2 Å². The molecule has 0 heterocycles. The number of nitrogens with two attached hydrogens (primary N) is 1. The maximum Gasteiger partial charge on any atom is 0.248 e. The third-order valence-corrected chi connectivity index (χ3v) is 1.41.